The first kappa shape index (κ1) is 51.0. The van der Waals surface area contributed by atoms with Gasteiger partial charge in [0.25, 0.3) is 0 Å². The second-order valence-corrected chi connectivity index (χ2v) is 10.4. The second-order valence-electron chi connectivity index (χ2n) is 5.60. The third-order valence-corrected chi connectivity index (χ3v) is 7.73. The van der Waals surface area contributed by atoms with Gasteiger partial charge in [-0.1, -0.05) is 44.8 Å². The molecule has 2 radical (unpaired) electrons. The zero-order valence-corrected chi connectivity index (χ0v) is 19.8. The molecule has 0 aromatic rings. The Bertz CT molecular complexity index is 496. The molecule has 1 rings (SSSR count). The molecular formula is C19H22Co2O7Si. The number of hydrogen-bond acceptors (Lipinski definition) is 1. The SMILES string of the molecule is CC(C)(C)[Si](C)(C)OC1C#CCC=CC1.[C-]#[O+].[C-]#[O+].[C-]#[O+].[C-]#[O+].[C-]#[O+].[C-]#[O+].[Co].[Co]. The first-order valence-corrected chi connectivity index (χ1v) is 9.77. The van der Waals surface area contributed by atoms with Gasteiger partial charge in [-0.15, -0.1) is 0 Å². The normalized spacial score (nSPS) is 11.7. The zero-order chi connectivity index (χ0) is 23.5. The van der Waals surface area contributed by atoms with Crippen LogP contribution in [0.1, 0.15) is 33.6 Å². The minimum absolute atomic E-state index is 0. The van der Waals surface area contributed by atoms with Crippen LogP contribution in [0.3, 0.4) is 0 Å². The average molecular weight is 508 g/mol. The van der Waals surface area contributed by atoms with Crippen LogP contribution in [0.2, 0.25) is 18.1 Å². The molecule has 162 valence electrons. The molecule has 0 heterocycles. The summed E-state index contributed by atoms with van der Waals surface area (Å²) in [5.41, 5.74) is 0. The van der Waals surface area contributed by atoms with Gasteiger partial charge in [0.05, 0.1) is 0 Å². The summed E-state index contributed by atoms with van der Waals surface area (Å²) in [5.74, 6) is 6.34. The fourth-order valence-electron chi connectivity index (χ4n) is 1.20. The molecule has 0 aromatic carbocycles. The van der Waals surface area contributed by atoms with Crippen molar-refractivity contribution < 1.29 is 65.9 Å². The van der Waals surface area contributed by atoms with Crippen molar-refractivity contribution in [2.24, 2.45) is 0 Å². The van der Waals surface area contributed by atoms with Crippen LogP contribution in [0.15, 0.2) is 12.2 Å². The fourth-order valence-corrected chi connectivity index (χ4v) is 2.42. The van der Waals surface area contributed by atoms with E-state index in [4.69, 9.17) is 32.3 Å². The van der Waals surface area contributed by atoms with E-state index in [1.54, 1.807) is 0 Å². The average Bonchev–Trinajstić information content (AvgIpc) is 2.98. The second kappa shape index (κ2) is 41.3. The van der Waals surface area contributed by atoms with Crippen molar-refractivity contribution in [3.8, 4) is 11.8 Å². The van der Waals surface area contributed by atoms with E-state index >= 15 is 0 Å². The monoisotopic (exact) mass is 508 g/mol. The van der Waals surface area contributed by atoms with Crippen LogP contribution in [-0.4, -0.2) is 14.4 Å². The molecule has 0 saturated heterocycles. The van der Waals surface area contributed by atoms with Gasteiger partial charge in [0.1, 0.15) is 6.10 Å². The van der Waals surface area contributed by atoms with Crippen LogP contribution in [0.25, 0.3) is 0 Å². The van der Waals surface area contributed by atoms with Gasteiger partial charge in [-0.25, -0.2) is 0 Å². The van der Waals surface area contributed by atoms with Gasteiger partial charge in [-0.05, 0) is 18.1 Å². The Hall–Kier alpha value is -1.07. The summed E-state index contributed by atoms with van der Waals surface area (Å²) in [6.07, 6.45) is 6.23. The van der Waals surface area contributed by atoms with Crippen LogP contribution in [0.4, 0.5) is 0 Å². The van der Waals surface area contributed by atoms with Crippen molar-refractivity contribution >= 4 is 8.32 Å². The van der Waals surface area contributed by atoms with E-state index in [0.29, 0.717) is 0 Å². The van der Waals surface area contributed by atoms with E-state index in [2.05, 4.69) is 97.8 Å². The van der Waals surface area contributed by atoms with Crippen molar-refractivity contribution in [3.05, 3.63) is 52.1 Å². The Morgan fingerprint density at radius 3 is 1.45 bits per heavy atom. The topological polar surface area (TPSA) is 129 Å². The van der Waals surface area contributed by atoms with E-state index in [1.807, 2.05) is 0 Å². The smallest absolute Gasteiger partial charge is 0 e. The molecule has 0 amide bonds. The van der Waals surface area contributed by atoms with Crippen molar-refractivity contribution in [2.45, 2.75) is 57.8 Å². The molecule has 0 fully saturated rings. The predicted octanol–water partition coefficient (Wildman–Crippen LogP) is 3.50. The molecule has 29 heavy (non-hydrogen) atoms. The first-order valence-electron chi connectivity index (χ1n) is 6.86. The molecule has 1 aliphatic carbocycles. The van der Waals surface area contributed by atoms with Crippen molar-refractivity contribution in [2.75, 3.05) is 0 Å². The maximum Gasteiger partial charge on any atom is 0 e. The standard InChI is InChI=1S/C13H22OSi.6CO.2Co/c1-13(2,3)15(4,5)14-12-10-8-6-7-9-11-12;6*1-2;;/h6,8,12H,7,10H2,1-5H3;;;;;;;;. The molecule has 7 nitrogen and oxygen atoms in total. The molecule has 0 bridgehead atoms. The minimum atomic E-state index is -1.65. The summed E-state index contributed by atoms with van der Waals surface area (Å²) in [6, 6.07) is 0. The summed E-state index contributed by atoms with van der Waals surface area (Å²) in [7, 11) is -1.65. The van der Waals surface area contributed by atoms with Crippen molar-refractivity contribution in [1.82, 2.24) is 0 Å². The summed E-state index contributed by atoms with van der Waals surface area (Å²) < 4.78 is 51.2. The van der Waals surface area contributed by atoms with E-state index in [0.717, 1.165) is 12.8 Å². The van der Waals surface area contributed by atoms with Crippen molar-refractivity contribution in [3.63, 3.8) is 0 Å². The molecule has 0 aromatic heterocycles. The molecule has 0 aliphatic heterocycles. The van der Waals surface area contributed by atoms with Crippen LogP contribution in [-0.2, 0) is 65.9 Å². The molecule has 0 spiro atoms. The molecule has 0 saturated carbocycles. The molecule has 1 atom stereocenters. The van der Waals surface area contributed by atoms with Gasteiger partial charge >= 0.3 is 67.8 Å². The Morgan fingerprint density at radius 2 is 1.14 bits per heavy atom. The Kier molecular flexibility index (Phi) is 72.7. The molecular weight excluding hydrogens is 486 g/mol. The van der Waals surface area contributed by atoms with Crippen LogP contribution >= 0.6 is 0 Å². The van der Waals surface area contributed by atoms with Crippen LogP contribution < -0.4 is 0 Å². The van der Waals surface area contributed by atoms with E-state index in [9.17, 15) is 0 Å². The number of rotatable bonds is 2. The van der Waals surface area contributed by atoms with Crippen LogP contribution in [0, 0.1) is 51.7 Å². The maximum atomic E-state index is 7.50. The third-order valence-electron chi connectivity index (χ3n) is 3.24. The molecule has 1 aliphatic rings. The summed E-state index contributed by atoms with van der Waals surface area (Å²) in [4.78, 5) is 0. The molecule has 0 N–H and O–H groups in total. The summed E-state index contributed by atoms with van der Waals surface area (Å²) in [5, 5.41) is 0.269. The van der Waals surface area contributed by atoms with Gasteiger partial charge in [-0.3, -0.25) is 0 Å². The van der Waals surface area contributed by atoms with Gasteiger partial charge in [-0.2, -0.15) is 0 Å². The Balaban J connectivity index is -0.0000000453. The van der Waals surface area contributed by atoms with Gasteiger partial charge in [0, 0.05) is 46.4 Å². The fraction of sp³-hybridized carbons (Fsp3) is 0.474. The Morgan fingerprint density at radius 1 is 0.793 bits per heavy atom. The van der Waals surface area contributed by atoms with Crippen molar-refractivity contribution in [1.29, 1.82) is 0 Å². The van der Waals surface area contributed by atoms with Crippen LogP contribution in [0.5, 0.6) is 0 Å². The maximum absolute atomic E-state index is 7.50. The van der Waals surface area contributed by atoms with Gasteiger partial charge < -0.3 is 4.43 Å². The summed E-state index contributed by atoms with van der Waals surface area (Å²) >= 11 is 0. The zero-order valence-electron chi connectivity index (χ0n) is 16.7. The number of hydrogen-bond donors (Lipinski definition) is 0. The molecule has 1 unspecified atom stereocenters. The van der Waals surface area contributed by atoms with E-state index in [-0.39, 0.29) is 44.7 Å². The quantitative estimate of drug-likeness (QED) is 0.183. The largest absolute Gasteiger partial charge is 0 e. The molecule has 10 heteroatoms. The Labute approximate surface area is 195 Å². The van der Waals surface area contributed by atoms with Gasteiger partial charge in [0.2, 0.25) is 0 Å². The minimum Gasteiger partial charge on any atom is 0 e. The number of allylic oxidation sites excluding steroid dienone is 1. The van der Waals surface area contributed by atoms with E-state index in [1.165, 1.54) is 0 Å². The van der Waals surface area contributed by atoms with Gasteiger partial charge in [0.15, 0.2) is 8.32 Å². The third kappa shape index (κ3) is 34.8. The summed E-state index contributed by atoms with van der Waals surface area (Å²) in [6.45, 7) is 38.4. The predicted molar refractivity (Wildman–Crippen MR) is 91.8 cm³/mol. The first-order chi connectivity index (χ1) is 12.8. The van der Waals surface area contributed by atoms with E-state index < -0.39 is 8.32 Å².